The first-order valence-corrected chi connectivity index (χ1v) is 5.16. The van der Waals surface area contributed by atoms with Crippen molar-refractivity contribution >= 4 is 27.6 Å². The lowest BCUT2D eigenvalue weighted by molar-refractivity contribution is -0.137. The third-order valence-electron chi connectivity index (χ3n) is 1.99. The molecule has 0 aromatic heterocycles. The topological polar surface area (TPSA) is 49.3 Å². The van der Waals surface area contributed by atoms with Crippen molar-refractivity contribution in [2.75, 3.05) is 5.32 Å². The number of halogens is 2. The molecule has 0 aliphatic rings. The highest BCUT2D eigenvalue weighted by Gasteiger charge is 2.13. The highest BCUT2D eigenvalue weighted by atomic mass is 79.9. The van der Waals surface area contributed by atoms with E-state index in [0.717, 1.165) is 5.56 Å². The lowest BCUT2D eigenvalue weighted by Gasteiger charge is -2.12. The first-order chi connectivity index (χ1) is 6.91. The summed E-state index contributed by atoms with van der Waals surface area (Å²) in [4.78, 5) is 10.6. The van der Waals surface area contributed by atoms with Crippen molar-refractivity contribution < 1.29 is 14.3 Å². The summed E-state index contributed by atoms with van der Waals surface area (Å²) in [5.74, 6) is -1.49. The summed E-state index contributed by atoms with van der Waals surface area (Å²) in [6, 6.07) is 2.06. The van der Waals surface area contributed by atoms with Crippen LogP contribution < -0.4 is 5.32 Å². The first kappa shape index (κ1) is 12.0. The molecule has 0 saturated heterocycles. The Morgan fingerprint density at radius 2 is 2.20 bits per heavy atom. The van der Waals surface area contributed by atoms with E-state index in [1.807, 2.05) is 0 Å². The normalized spacial score (nSPS) is 12.3. The third-order valence-corrected chi connectivity index (χ3v) is 2.85. The summed E-state index contributed by atoms with van der Waals surface area (Å²) < 4.78 is 14.0. The van der Waals surface area contributed by atoms with Gasteiger partial charge >= 0.3 is 5.97 Å². The smallest absolute Gasteiger partial charge is 0.325 e. The van der Waals surface area contributed by atoms with Gasteiger partial charge in [-0.05, 0) is 31.5 Å². The molecule has 0 radical (unpaired) electrons. The quantitative estimate of drug-likeness (QED) is 0.892. The van der Waals surface area contributed by atoms with Crippen LogP contribution in [-0.2, 0) is 4.79 Å². The summed E-state index contributed by atoms with van der Waals surface area (Å²) >= 11 is 3.19. The fourth-order valence-electron chi connectivity index (χ4n) is 1.06. The molecule has 0 heterocycles. The maximum absolute atomic E-state index is 13.4. The van der Waals surface area contributed by atoms with Gasteiger partial charge in [0.05, 0.1) is 5.69 Å². The molecule has 0 saturated carbocycles. The monoisotopic (exact) mass is 275 g/mol. The molecule has 0 aliphatic heterocycles. The average Bonchev–Trinajstić information content (AvgIpc) is 2.13. The molecule has 1 aromatic rings. The second-order valence-electron chi connectivity index (χ2n) is 3.29. The van der Waals surface area contributed by atoms with Crippen LogP contribution in [0.3, 0.4) is 0 Å². The van der Waals surface area contributed by atoms with Crippen LogP contribution in [0.4, 0.5) is 10.1 Å². The van der Waals surface area contributed by atoms with Gasteiger partial charge in [-0.15, -0.1) is 0 Å². The van der Waals surface area contributed by atoms with E-state index in [0.29, 0.717) is 4.47 Å². The third kappa shape index (κ3) is 2.92. The van der Waals surface area contributed by atoms with Gasteiger partial charge in [-0.1, -0.05) is 15.9 Å². The largest absolute Gasteiger partial charge is 0.480 e. The minimum absolute atomic E-state index is 0.200. The molecular weight excluding hydrogens is 265 g/mol. The Morgan fingerprint density at radius 3 is 2.73 bits per heavy atom. The van der Waals surface area contributed by atoms with Gasteiger partial charge in [0.15, 0.2) is 0 Å². The number of nitrogens with one attached hydrogen (secondary N) is 1. The molecule has 0 bridgehead atoms. The highest BCUT2D eigenvalue weighted by Crippen LogP contribution is 2.24. The summed E-state index contributed by atoms with van der Waals surface area (Å²) in [5, 5.41) is 11.2. The zero-order valence-electron chi connectivity index (χ0n) is 8.34. The van der Waals surface area contributed by atoms with Crippen LogP contribution in [0.1, 0.15) is 12.5 Å². The predicted octanol–water partition coefficient (Wildman–Crippen LogP) is 2.78. The van der Waals surface area contributed by atoms with E-state index in [9.17, 15) is 9.18 Å². The molecule has 0 fully saturated rings. The van der Waals surface area contributed by atoms with Crippen LogP contribution in [0.25, 0.3) is 0 Å². The lowest BCUT2D eigenvalue weighted by atomic mass is 10.2. The molecule has 15 heavy (non-hydrogen) atoms. The van der Waals surface area contributed by atoms with E-state index in [1.54, 1.807) is 13.0 Å². The van der Waals surface area contributed by atoms with Crippen LogP contribution in [0, 0.1) is 12.7 Å². The minimum Gasteiger partial charge on any atom is -0.480 e. The molecule has 0 aliphatic carbocycles. The van der Waals surface area contributed by atoms with E-state index in [1.165, 1.54) is 13.0 Å². The van der Waals surface area contributed by atoms with Crippen molar-refractivity contribution in [3.05, 3.63) is 28.0 Å². The lowest BCUT2D eigenvalue weighted by Crippen LogP contribution is -2.25. The SMILES string of the molecule is Cc1cc(NC(C)C(=O)O)c(F)cc1Br. The van der Waals surface area contributed by atoms with Gasteiger partial charge in [0.2, 0.25) is 0 Å². The summed E-state index contributed by atoms with van der Waals surface area (Å²) in [6.45, 7) is 3.26. The van der Waals surface area contributed by atoms with Gasteiger partial charge in [0.1, 0.15) is 11.9 Å². The molecule has 1 atom stereocenters. The molecule has 1 unspecified atom stereocenters. The van der Waals surface area contributed by atoms with Crippen molar-refractivity contribution in [1.82, 2.24) is 0 Å². The van der Waals surface area contributed by atoms with Crippen LogP contribution in [0.5, 0.6) is 0 Å². The number of anilines is 1. The number of aliphatic carboxylic acids is 1. The Bertz CT molecular complexity index is 395. The Hall–Kier alpha value is -1.10. The number of rotatable bonds is 3. The Morgan fingerprint density at radius 1 is 1.60 bits per heavy atom. The van der Waals surface area contributed by atoms with Gasteiger partial charge in [-0.2, -0.15) is 0 Å². The van der Waals surface area contributed by atoms with Crippen molar-refractivity contribution in [2.45, 2.75) is 19.9 Å². The second-order valence-corrected chi connectivity index (χ2v) is 4.14. The fourth-order valence-corrected chi connectivity index (χ4v) is 1.38. The zero-order valence-corrected chi connectivity index (χ0v) is 9.93. The van der Waals surface area contributed by atoms with Gasteiger partial charge in [-0.25, -0.2) is 4.39 Å². The molecule has 0 amide bonds. The highest BCUT2D eigenvalue weighted by molar-refractivity contribution is 9.10. The van der Waals surface area contributed by atoms with E-state index in [4.69, 9.17) is 5.11 Å². The summed E-state index contributed by atoms with van der Waals surface area (Å²) in [7, 11) is 0. The van der Waals surface area contributed by atoms with Crippen LogP contribution in [0.2, 0.25) is 0 Å². The number of hydrogen-bond donors (Lipinski definition) is 2. The molecule has 82 valence electrons. The maximum atomic E-state index is 13.4. The van der Waals surface area contributed by atoms with E-state index >= 15 is 0 Å². The Balaban J connectivity index is 2.95. The number of carbonyl (C=O) groups is 1. The van der Waals surface area contributed by atoms with Crippen LogP contribution in [0.15, 0.2) is 16.6 Å². The number of aryl methyl sites for hydroxylation is 1. The number of carboxylic acid groups (broad SMARTS) is 1. The van der Waals surface area contributed by atoms with Crippen molar-refractivity contribution in [2.24, 2.45) is 0 Å². The molecule has 5 heteroatoms. The minimum atomic E-state index is -1.02. The van der Waals surface area contributed by atoms with Crippen LogP contribution in [-0.4, -0.2) is 17.1 Å². The maximum Gasteiger partial charge on any atom is 0.325 e. The van der Waals surface area contributed by atoms with Crippen LogP contribution >= 0.6 is 15.9 Å². The molecule has 3 nitrogen and oxygen atoms in total. The summed E-state index contributed by atoms with van der Waals surface area (Å²) in [5.41, 5.74) is 1.04. The number of hydrogen-bond acceptors (Lipinski definition) is 2. The zero-order chi connectivity index (χ0) is 11.6. The first-order valence-electron chi connectivity index (χ1n) is 4.37. The van der Waals surface area contributed by atoms with Crippen molar-refractivity contribution in [3.8, 4) is 0 Å². The molecule has 1 aromatic carbocycles. The predicted molar refractivity (Wildman–Crippen MR) is 59.6 cm³/mol. The van der Waals surface area contributed by atoms with Gasteiger partial charge in [0, 0.05) is 4.47 Å². The number of carboxylic acids is 1. The van der Waals surface area contributed by atoms with E-state index in [2.05, 4.69) is 21.2 Å². The van der Waals surface area contributed by atoms with E-state index < -0.39 is 17.8 Å². The summed E-state index contributed by atoms with van der Waals surface area (Å²) in [6.07, 6.45) is 0. The second kappa shape index (κ2) is 4.61. The van der Waals surface area contributed by atoms with E-state index in [-0.39, 0.29) is 5.69 Å². The van der Waals surface area contributed by atoms with Gasteiger partial charge in [-0.3, -0.25) is 4.79 Å². The average molecular weight is 276 g/mol. The van der Waals surface area contributed by atoms with Crippen molar-refractivity contribution in [3.63, 3.8) is 0 Å². The molecule has 2 N–H and O–H groups in total. The molecular formula is C10H11BrFNO2. The molecule has 0 spiro atoms. The number of benzene rings is 1. The Labute approximate surface area is 95.4 Å². The standard InChI is InChI=1S/C10H11BrFNO2/c1-5-3-9(8(12)4-7(5)11)13-6(2)10(14)15/h3-4,6,13H,1-2H3,(H,14,15). The van der Waals surface area contributed by atoms with Crippen molar-refractivity contribution in [1.29, 1.82) is 0 Å². The molecule has 1 rings (SSSR count). The van der Waals surface area contributed by atoms with Gasteiger partial charge in [0.25, 0.3) is 0 Å². The Kier molecular flexibility index (Phi) is 3.68. The van der Waals surface area contributed by atoms with Gasteiger partial charge < -0.3 is 10.4 Å². The fraction of sp³-hybridized carbons (Fsp3) is 0.300.